The molecular formula is C9H13NO2S. The molecule has 0 saturated carbocycles. The fourth-order valence-corrected chi connectivity index (χ4v) is 2.18. The summed E-state index contributed by atoms with van der Waals surface area (Å²) in [5, 5.41) is 8.65. The molecule has 3 nitrogen and oxygen atoms in total. The minimum Gasteiger partial charge on any atom is -0.481 e. The number of nitrogens with zero attached hydrogens (tertiary/aromatic N) is 1. The van der Waals surface area contributed by atoms with Gasteiger partial charge in [0.2, 0.25) is 0 Å². The highest BCUT2D eigenvalue weighted by molar-refractivity contribution is 8.05. The highest BCUT2D eigenvalue weighted by atomic mass is 32.2. The van der Waals surface area contributed by atoms with Crippen LogP contribution in [0.1, 0.15) is 27.2 Å². The summed E-state index contributed by atoms with van der Waals surface area (Å²) in [6.45, 7) is 5.89. The Morgan fingerprint density at radius 2 is 2.31 bits per heavy atom. The molecule has 0 spiro atoms. The van der Waals surface area contributed by atoms with Gasteiger partial charge in [-0.2, -0.15) is 0 Å². The number of thioether (sulfide) groups is 1. The first-order valence-electron chi connectivity index (χ1n) is 4.06. The highest BCUT2D eigenvalue weighted by Crippen LogP contribution is 2.37. The second-order valence-electron chi connectivity index (χ2n) is 3.54. The monoisotopic (exact) mass is 199 g/mol. The van der Waals surface area contributed by atoms with Crippen molar-refractivity contribution in [3.05, 3.63) is 10.6 Å². The zero-order valence-electron chi connectivity index (χ0n) is 8.00. The van der Waals surface area contributed by atoms with E-state index < -0.39 is 5.97 Å². The maximum absolute atomic E-state index is 10.5. The minimum absolute atomic E-state index is 0.0791. The van der Waals surface area contributed by atoms with Crippen molar-refractivity contribution in [1.82, 2.24) is 0 Å². The van der Waals surface area contributed by atoms with Crippen molar-refractivity contribution in [2.75, 3.05) is 0 Å². The molecule has 4 heteroatoms. The summed E-state index contributed by atoms with van der Waals surface area (Å²) >= 11 is 1.57. The molecular weight excluding hydrogens is 186 g/mol. The molecule has 0 aromatic rings. The van der Waals surface area contributed by atoms with Crippen LogP contribution in [0.4, 0.5) is 0 Å². The lowest BCUT2D eigenvalue weighted by molar-refractivity contribution is -0.136. The molecule has 0 amide bonds. The van der Waals surface area contributed by atoms with E-state index >= 15 is 0 Å². The number of hydrogen-bond donors (Lipinski definition) is 1. The lowest BCUT2D eigenvalue weighted by Crippen LogP contribution is -2.20. The normalized spacial score (nSPS) is 20.5. The van der Waals surface area contributed by atoms with Crippen LogP contribution in [-0.2, 0) is 4.79 Å². The van der Waals surface area contributed by atoms with E-state index in [0.29, 0.717) is 0 Å². The Kier molecular flexibility index (Phi) is 2.81. The smallest absolute Gasteiger partial charge is 0.308 e. The summed E-state index contributed by atoms with van der Waals surface area (Å²) in [5.74, 6) is -0.797. The van der Waals surface area contributed by atoms with Crippen molar-refractivity contribution >= 4 is 23.9 Å². The van der Waals surface area contributed by atoms with Gasteiger partial charge in [0, 0.05) is 21.6 Å². The molecule has 1 aliphatic rings. The van der Waals surface area contributed by atoms with Gasteiger partial charge in [0.1, 0.15) is 0 Å². The van der Waals surface area contributed by atoms with E-state index in [4.69, 9.17) is 5.11 Å². The maximum Gasteiger partial charge on any atom is 0.308 e. The van der Waals surface area contributed by atoms with Crippen molar-refractivity contribution < 1.29 is 9.90 Å². The summed E-state index contributed by atoms with van der Waals surface area (Å²) in [7, 11) is 0. The summed E-state index contributed by atoms with van der Waals surface area (Å²) in [6, 6.07) is 0. The Morgan fingerprint density at radius 3 is 2.85 bits per heavy atom. The van der Waals surface area contributed by atoms with E-state index in [2.05, 4.69) is 4.99 Å². The van der Waals surface area contributed by atoms with Crippen LogP contribution in [0.5, 0.6) is 0 Å². The molecule has 0 radical (unpaired) electrons. The largest absolute Gasteiger partial charge is 0.481 e. The lowest BCUT2D eigenvalue weighted by atomic mass is 10.2. The van der Waals surface area contributed by atoms with Gasteiger partial charge in [0.15, 0.2) is 0 Å². The van der Waals surface area contributed by atoms with Crippen molar-refractivity contribution in [2.24, 2.45) is 4.99 Å². The van der Waals surface area contributed by atoms with Crippen molar-refractivity contribution in [3.8, 4) is 0 Å². The van der Waals surface area contributed by atoms with Gasteiger partial charge in [-0.25, -0.2) is 0 Å². The van der Waals surface area contributed by atoms with Crippen LogP contribution < -0.4 is 0 Å². The average molecular weight is 199 g/mol. The molecule has 0 bridgehead atoms. The first-order valence-corrected chi connectivity index (χ1v) is 4.88. The number of carboxylic acid groups (broad SMARTS) is 1. The molecule has 1 N–H and O–H groups in total. The Morgan fingerprint density at radius 1 is 1.69 bits per heavy atom. The van der Waals surface area contributed by atoms with Gasteiger partial charge in [0.25, 0.3) is 0 Å². The van der Waals surface area contributed by atoms with Crippen LogP contribution in [0.2, 0.25) is 0 Å². The zero-order valence-corrected chi connectivity index (χ0v) is 8.81. The fourth-order valence-electron chi connectivity index (χ4n) is 1.04. The van der Waals surface area contributed by atoms with E-state index in [1.807, 2.05) is 27.0 Å². The van der Waals surface area contributed by atoms with E-state index in [-0.39, 0.29) is 11.2 Å². The van der Waals surface area contributed by atoms with Crippen LogP contribution in [0, 0.1) is 0 Å². The third kappa shape index (κ3) is 2.88. The van der Waals surface area contributed by atoms with Gasteiger partial charge >= 0.3 is 5.97 Å². The number of carbonyl (C=O) groups is 1. The molecule has 0 aliphatic carbocycles. The molecule has 0 atom stereocenters. The summed E-state index contributed by atoms with van der Waals surface area (Å²) in [6.07, 6.45) is 1.94. The predicted octanol–water partition coefficient (Wildman–Crippen LogP) is 2.29. The second kappa shape index (κ2) is 3.54. The Labute approximate surface area is 81.9 Å². The maximum atomic E-state index is 10.5. The molecule has 72 valence electrons. The fraction of sp³-hybridized carbons (Fsp3) is 0.556. The van der Waals surface area contributed by atoms with E-state index in [1.54, 1.807) is 11.8 Å². The highest BCUT2D eigenvalue weighted by Gasteiger charge is 2.24. The van der Waals surface area contributed by atoms with Gasteiger partial charge in [0.05, 0.1) is 6.42 Å². The molecule has 0 unspecified atom stereocenters. The molecule has 1 heterocycles. The SMILES string of the molecule is CC1=C(CC(=O)O)SC(C)(C)C=N1. The summed E-state index contributed by atoms with van der Waals surface area (Å²) in [5.41, 5.74) is 0.826. The third-order valence-corrected chi connectivity index (χ3v) is 2.99. The van der Waals surface area contributed by atoms with Gasteiger partial charge in [-0.3, -0.25) is 9.79 Å². The van der Waals surface area contributed by atoms with Gasteiger partial charge < -0.3 is 5.11 Å². The molecule has 13 heavy (non-hydrogen) atoms. The minimum atomic E-state index is -0.797. The Hall–Kier alpha value is -0.770. The molecule has 0 aromatic heterocycles. The third-order valence-electron chi connectivity index (χ3n) is 1.67. The second-order valence-corrected chi connectivity index (χ2v) is 5.29. The van der Waals surface area contributed by atoms with Gasteiger partial charge in [-0.15, -0.1) is 11.8 Å². The van der Waals surface area contributed by atoms with Crippen LogP contribution in [-0.4, -0.2) is 22.0 Å². The Bertz CT molecular complexity index is 292. The standard InChI is InChI=1S/C9H13NO2S/c1-6-7(4-8(11)12)13-9(2,3)5-10-6/h5H,4H2,1-3H3,(H,11,12). The molecule has 1 rings (SSSR count). The summed E-state index contributed by atoms with van der Waals surface area (Å²) < 4.78 is -0.0791. The van der Waals surface area contributed by atoms with E-state index in [1.165, 1.54) is 0 Å². The summed E-state index contributed by atoms with van der Waals surface area (Å²) in [4.78, 5) is 15.6. The first kappa shape index (κ1) is 10.3. The average Bonchev–Trinajstić information content (AvgIpc) is 1.95. The zero-order chi connectivity index (χ0) is 10.1. The molecule has 0 aromatic carbocycles. The van der Waals surface area contributed by atoms with Crippen molar-refractivity contribution in [1.29, 1.82) is 0 Å². The number of aliphatic imine (C=N–C) groups is 1. The molecule has 1 aliphatic heterocycles. The van der Waals surface area contributed by atoms with Crippen LogP contribution in [0.25, 0.3) is 0 Å². The van der Waals surface area contributed by atoms with Crippen LogP contribution in [0.3, 0.4) is 0 Å². The quantitative estimate of drug-likeness (QED) is 0.742. The topological polar surface area (TPSA) is 49.7 Å². The number of aliphatic carboxylic acids is 1. The molecule has 0 fully saturated rings. The van der Waals surface area contributed by atoms with Crippen molar-refractivity contribution in [3.63, 3.8) is 0 Å². The van der Waals surface area contributed by atoms with Gasteiger partial charge in [-0.1, -0.05) is 0 Å². The van der Waals surface area contributed by atoms with E-state index in [9.17, 15) is 4.79 Å². The number of allylic oxidation sites excluding steroid dienone is 1. The van der Waals surface area contributed by atoms with Crippen molar-refractivity contribution in [2.45, 2.75) is 31.9 Å². The van der Waals surface area contributed by atoms with Crippen LogP contribution >= 0.6 is 11.8 Å². The lowest BCUT2D eigenvalue weighted by Gasteiger charge is -2.24. The van der Waals surface area contributed by atoms with Crippen LogP contribution in [0.15, 0.2) is 15.6 Å². The van der Waals surface area contributed by atoms with Gasteiger partial charge in [-0.05, 0) is 20.8 Å². The Balaban J connectivity index is 2.82. The number of hydrogen-bond acceptors (Lipinski definition) is 3. The predicted molar refractivity (Wildman–Crippen MR) is 55.1 cm³/mol. The number of rotatable bonds is 2. The van der Waals surface area contributed by atoms with E-state index in [0.717, 1.165) is 10.6 Å². The molecule has 0 saturated heterocycles. The number of carboxylic acids is 1. The first-order chi connectivity index (χ1) is 5.91.